The van der Waals surface area contributed by atoms with Crippen LogP contribution in [0.2, 0.25) is 5.02 Å². The van der Waals surface area contributed by atoms with Crippen LogP contribution in [0, 0.1) is 11.8 Å². The molecule has 7 aromatic carbocycles. The highest BCUT2D eigenvalue weighted by molar-refractivity contribution is 9.10. The summed E-state index contributed by atoms with van der Waals surface area (Å²) in [4.78, 5) is 4.59. The highest BCUT2D eigenvalue weighted by Gasteiger charge is 2.49. The zero-order valence-electron chi connectivity index (χ0n) is 29.4. The van der Waals surface area contributed by atoms with Gasteiger partial charge in [0.05, 0.1) is 10.7 Å². The van der Waals surface area contributed by atoms with Gasteiger partial charge in [0.1, 0.15) is 0 Å². The van der Waals surface area contributed by atoms with E-state index in [1.165, 1.54) is 27.8 Å². The van der Waals surface area contributed by atoms with Crippen molar-refractivity contribution in [2.45, 2.75) is 11.8 Å². The molecule has 0 heterocycles. The first-order valence-electron chi connectivity index (χ1n) is 18.6. The molecule has 11 rings (SSSR count). The zero-order valence-corrected chi connectivity index (χ0v) is 31.8. The van der Waals surface area contributed by atoms with Gasteiger partial charge in [-0.3, -0.25) is 0 Å². The molecule has 0 fully saturated rings. The summed E-state index contributed by atoms with van der Waals surface area (Å²) in [7, 11) is 0. The van der Waals surface area contributed by atoms with Gasteiger partial charge in [-0.25, -0.2) is 0 Å². The van der Waals surface area contributed by atoms with E-state index in [0.717, 1.165) is 44.2 Å². The standard InChI is InChI=1S/C50H36BrClN2/c51-45-30-33(39-28-15-29-44-47-40-24-10-12-26-42(40)49(48(39)44)43-27-13-11-25-41(43)47)31-46(50(45)52)54(36-20-8-3-9-21-36)38-23-14-22-37(32-38)53(34-16-4-1-5-17-34)35-18-6-2-7-19-35/h1-32,40,42,47,49H. The van der Waals surface area contributed by atoms with Crippen molar-refractivity contribution in [2.75, 3.05) is 9.80 Å². The third kappa shape index (κ3) is 5.45. The summed E-state index contributed by atoms with van der Waals surface area (Å²) >= 11 is 11.3. The Balaban J connectivity index is 1.15. The third-order valence-corrected chi connectivity index (χ3v) is 12.6. The SMILES string of the molecule is Clc1c(Br)cc(-c2cccc3c2C2c4ccccc4C3C3C=CC=CC23)cc1N(c1ccccc1)c1cccc(N(c2ccccc2)c2ccccc2)c1. The van der Waals surface area contributed by atoms with Crippen LogP contribution in [-0.2, 0) is 0 Å². The van der Waals surface area contributed by atoms with Crippen molar-refractivity contribution in [1.29, 1.82) is 0 Å². The van der Waals surface area contributed by atoms with E-state index in [1.54, 1.807) is 0 Å². The number of hydrogen-bond acceptors (Lipinski definition) is 2. The van der Waals surface area contributed by atoms with Crippen molar-refractivity contribution in [3.05, 3.63) is 226 Å². The molecule has 0 amide bonds. The van der Waals surface area contributed by atoms with E-state index >= 15 is 0 Å². The molecular formula is C50H36BrClN2. The first kappa shape index (κ1) is 33.0. The van der Waals surface area contributed by atoms with E-state index in [0.29, 0.717) is 22.8 Å². The molecule has 2 nitrogen and oxygen atoms in total. The van der Waals surface area contributed by atoms with E-state index in [9.17, 15) is 0 Å². The van der Waals surface area contributed by atoms with Gasteiger partial charge >= 0.3 is 0 Å². The van der Waals surface area contributed by atoms with E-state index in [1.807, 2.05) is 0 Å². The highest BCUT2D eigenvalue weighted by atomic mass is 79.9. The fourth-order valence-corrected chi connectivity index (χ4v) is 9.89. The van der Waals surface area contributed by atoms with Crippen LogP contribution in [0.4, 0.5) is 34.1 Å². The first-order valence-corrected chi connectivity index (χ1v) is 19.7. The molecule has 7 aromatic rings. The molecule has 0 aromatic heterocycles. The summed E-state index contributed by atoms with van der Waals surface area (Å²) in [6, 6.07) is 60.9. The topological polar surface area (TPSA) is 6.48 Å². The van der Waals surface area contributed by atoms with Gasteiger partial charge in [0.15, 0.2) is 0 Å². The van der Waals surface area contributed by atoms with Gasteiger partial charge in [-0.2, -0.15) is 0 Å². The van der Waals surface area contributed by atoms with Crippen LogP contribution in [-0.4, -0.2) is 0 Å². The molecule has 4 aliphatic carbocycles. The van der Waals surface area contributed by atoms with Crippen molar-refractivity contribution in [3.63, 3.8) is 0 Å². The van der Waals surface area contributed by atoms with Crippen LogP contribution < -0.4 is 9.80 Å². The molecule has 0 N–H and O–H groups in total. The number of allylic oxidation sites excluding steroid dienone is 4. The fraction of sp³-hybridized carbons (Fsp3) is 0.0800. The van der Waals surface area contributed by atoms with Crippen molar-refractivity contribution in [2.24, 2.45) is 11.8 Å². The number of para-hydroxylation sites is 3. The number of anilines is 6. The number of nitrogens with zero attached hydrogens (tertiary/aromatic N) is 2. The molecular weight excluding hydrogens is 744 g/mol. The summed E-state index contributed by atoms with van der Waals surface area (Å²) in [5.41, 5.74) is 14.4. The third-order valence-electron chi connectivity index (χ3n) is 11.4. The predicted molar refractivity (Wildman–Crippen MR) is 229 cm³/mol. The second-order valence-electron chi connectivity index (χ2n) is 14.3. The van der Waals surface area contributed by atoms with Crippen LogP contribution in [0.1, 0.15) is 34.1 Å². The smallest absolute Gasteiger partial charge is 0.0789 e. The Kier molecular flexibility index (Phi) is 8.35. The van der Waals surface area contributed by atoms with Gasteiger partial charge in [-0.1, -0.05) is 139 Å². The van der Waals surface area contributed by atoms with Gasteiger partial charge in [-0.15, -0.1) is 0 Å². The Hall–Kier alpha value is -5.61. The maximum absolute atomic E-state index is 7.39. The van der Waals surface area contributed by atoms with E-state index in [-0.39, 0.29) is 5.92 Å². The van der Waals surface area contributed by atoms with E-state index < -0.39 is 0 Å². The minimum absolute atomic E-state index is 0.269. The van der Waals surface area contributed by atoms with Gasteiger partial charge in [0, 0.05) is 44.7 Å². The molecule has 0 saturated carbocycles. The van der Waals surface area contributed by atoms with E-state index in [4.69, 9.17) is 11.6 Å². The predicted octanol–water partition coefficient (Wildman–Crippen LogP) is 14.7. The molecule has 0 spiro atoms. The van der Waals surface area contributed by atoms with E-state index in [2.05, 4.69) is 220 Å². The second kappa shape index (κ2) is 13.7. The Morgan fingerprint density at radius 3 is 1.56 bits per heavy atom. The highest BCUT2D eigenvalue weighted by Crippen LogP contribution is 2.61. The van der Waals surface area contributed by atoms with Crippen LogP contribution in [0.5, 0.6) is 0 Å². The molecule has 4 heteroatoms. The summed E-state index contributed by atoms with van der Waals surface area (Å²) in [5, 5.41) is 0.660. The minimum Gasteiger partial charge on any atom is -0.310 e. The molecule has 0 aliphatic heterocycles. The number of halogens is 2. The number of rotatable bonds is 7. The molecule has 54 heavy (non-hydrogen) atoms. The van der Waals surface area contributed by atoms with Crippen molar-refractivity contribution >= 4 is 61.7 Å². The van der Waals surface area contributed by atoms with Gasteiger partial charge in [0.25, 0.3) is 0 Å². The number of benzene rings is 7. The monoisotopic (exact) mass is 778 g/mol. The van der Waals surface area contributed by atoms with Crippen molar-refractivity contribution in [3.8, 4) is 11.1 Å². The quantitative estimate of drug-likeness (QED) is 0.159. The summed E-state index contributed by atoms with van der Waals surface area (Å²) in [5.74, 6) is 1.46. The molecule has 260 valence electrons. The Labute approximate surface area is 330 Å². The van der Waals surface area contributed by atoms with Gasteiger partial charge in [-0.05, 0) is 128 Å². The van der Waals surface area contributed by atoms with Crippen LogP contribution in [0.3, 0.4) is 0 Å². The fourth-order valence-electron chi connectivity index (χ4n) is 9.25. The lowest BCUT2D eigenvalue weighted by Gasteiger charge is -2.50. The molecule has 0 radical (unpaired) electrons. The lowest BCUT2D eigenvalue weighted by atomic mass is 9.52. The second-order valence-corrected chi connectivity index (χ2v) is 15.5. The first-order chi connectivity index (χ1) is 26.7. The summed E-state index contributed by atoms with van der Waals surface area (Å²) < 4.78 is 0.862. The largest absolute Gasteiger partial charge is 0.310 e. The number of hydrogen-bond donors (Lipinski definition) is 0. The van der Waals surface area contributed by atoms with Crippen molar-refractivity contribution in [1.82, 2.24) is 0 Å². The Morgan fingerprint density at radius 2 is 0.926 bits per heavy atom. The average Bonchev–Trinajstić information content (AvgIpc) is 3.23. The van der Waals surface area contributed by atoms with Crippen molar-refractivity contribution < 1.29 is 0 Å². The Bertz CT molecular complexity index is 2530. The Morgan fingerprint density at radius 1 is 0.444 bits per heavy atom. The normalized spacial score (nSPS) is 18.8. The summed E-state index contributed by atoms with van der Waals surface area (Å²) in [6.07, 6.45) is 9.36. The van der Waals surface area contributed by atoms with Crippen LogP contribution in [0.15, 0.2) is 199 Å². The van der Waals surface area contributed by atoms with Gasteiger partial charge < -0.3 is 9.80 Å². The average molecular weight is 780 g/mol. The van der Waals surface area contributed by atoms with Crippen LogP contribution >= 0.6 is 27.5 Å². The summed E-state index contributed by atoms with van der Waals surface area (Å²) in [6.45, 7) is 0. The maximum Gasteiger partial charge on any atom is 0.0789 e. The maximum atomic E-state index is 7.39. The molecule has 4 aliphatic rings. The zero-order chi connectivity index (χ0) is 36.2. The minimum atomic E-state index is 0.269. The molecule has 4 atom stereocenters. The molecule has 0 saturated heterocycles. The molecule has 2 bridgehead atoms. The lowest BCUT2D eigenvalue weighted by molar-refractivity contribution is 0.332. The van der Waals surface area contributed by atoms with Gasteiger partial charge in [0.2, 0.25) is 0 Å². The van der Waals surface area contributed by atoms with Crippen LogP contribution in [0.25, 0.3) is 11.1 Å². The lowest BCUT2D eigenvalue weighted by Crippen LogP contribution is -2.39. The molecule has 4 unspecified atom stereocenters.